The van der Waals surface area contributed by atoms with Crippen molar-refractivity contribution in [3.8, 4) is 0 Å². The number of Topliss-reactive ketones (excluding diaryl/α,β-unsaturated/α-hetero) is 1. The molecule has 0 bridgehead atoms. The van der Waals surface area contributed by atoms with Crippen molar-refractivity contribution in [2.45, 2.75) is 6.92 Å². The Morgan fingerprint density at radius 2 is 2.12 bits per heavy atom. The van der Waals surface area contributed by atoms with Crippen LogP contribution in [0, 0.1) is 5.82 Å². The molecule has 0 N–H and O–H groups in total. The standard InChI is InChI=1S/C10H7BrClFO3/c1-2-16-10(15)9(14)5-3-6(11)8(12)7(13)4-5/h3-4H,2H2,1H3. The molecule has 0 radical (unpaired) electrons. The number of hydrogen-bond acceptors (Lipinski definition) is 3. The summed E-state index contributed by atoms with van der Waals surface area (Å²) >= 11 is 8.52. The summed E-state index contributed by atoms with van der Waals surface area (Å²) in [5, 5.41) is -0.139. The molecule has 1 rings (SSSR count). The van der Waals surface area contributed by atoms with Gasteiger partial charge in [-0.15, -0.1) is 0 Å². The molecule has 0 spiro atoms. The van der Waals surface area contributed by atoms with E-state index in [1.807, 2.05) is 0 Å². The van der Waals surface area contributed by atoms with Gasteiger partial charge in [0.15, 0.2) is 0 Å². The second-order valence-electron chi connectivity index (χ2n) is 2.80. The normalized spacial score (nSPS) is 10.0. The fraction of sp³-hybridized carbons (Fsp3) is 0.200. The van der Waals surface area contributed by atoms with Crippen LogP contribution in [0.3, 0.4) is 0 Å². The van der Waals surface area contributed by atoms with Gasteiger partial charge in [-0.1, -0.05) is 11.6 Å². The minimum absolute atomic E-state index is 0.0851. The van der Waals surface area contributed by atoms with Crippen LogP contribution in [0.2, 0.25) is 5.02 Å². The molecule has 0 heterocycles. The third-order valence-electron chi connectivity index (χ3n) is 1.71. The lowest BCUT2D eigenvalue weighted by atomic mass is 10.1. The highest BCUT2D eigenvalue weighted by Crippen LogP contribution is 2.27. The average Bonchev–Trinajstić information content (AvgIpc) is 2.24. The van der Waals surface area contributed by atoms with Crippen molar-refractivity contribution in [1.82, 2.24) is 0 Å². The smallest absolute Gasteiger partial charge is 0.379 e. The molecule has 0 fully saturated rings. The average molecular weight is 310 g/mol. The minimum atomic E-state index is -1.02. The van der Waals surface area contributed by atoms with E-state index in [1.54, 1.807) is 6.92 Å². The van der Waals surface area contributed by atoms with Crippen molar-refractivity contribution < 1.29 is 18.7 Å². The van der Waals surface area contributed by atoms with E-state index in [4.69, 9.17) is 11.6 Å². The quantitative estimate of drug-likeness (QED) is 0.373. The Kier molecular flexibility index (Phi) is 4.44. The van der Waals surface area contributed by atoms with Crippen molar-refractivity contribution in [2.75, 3.05) is 6.61 Å². The Balaban J connectivity index is 3.06. The SMILES string of the molecule is CCOC(=O)C(=O)c1cc(F)c(Cl)c(Br)c1. The number of rotatable bonds is 3. The second kappa shape index (κ2) is 5.41. The zero-order chi connectivity index (χ0) is 12.3. The minimum Gasteiger partial charge on any atom is -0.460 e. The van der Waals surface area contributed by atoms with Gasteiger partial charge < -0.3 is 4.74 Å². The van der Waals surface area contributed by atoms with E-state index >= 15 is 0 Å². The van der Waals surface area contributed by atoms with Crippen LogP contribution in [0.1, 0.15) is 17.3 Å². The maximum absolute atomic E-state index is 13.2. The van der Waals surface area contributed by atoms with Gasteiger partial charge in [0, 0.05) is 10.0 Å². The number of esters is 1. The van der Waals surface area contributed by atoms with Gasteiger partial charge in [0.25, 0.3) is 5.78 Å². The first kappa shape index (κ1) is 13.1. The Morgan fingerprint density at radius 1 is 1.50 bits per heavy atom. The molecule has 0 saturated carbocycles. The maximum Gasteiger partial charge on any atom is 0.379 e. The molecule has 6 heteroatoms. The number of hydrogen-bond donors (Lipinski definition) is 0. The van der Waals surface area contributed by atoms with Crippen molar-refractivity contribution in [1.29, 1.82) is 0 Å². The van der Waals surface area contributed by atoms with E-state index in [1.165, 1.54) is 6.07 Å². The summed E-state index contributed by atoms with van der Waals surface area (Å²) < 4.78 is 17.9. The number of carbonyl (C=O) groups excluding carboxylic acids is 2. The van der Waals surface area contributed by atoms with Gasteiger partial charge in [-0.2, -0.15) is 0 Å². The lowest BCUT2D eigenvalue weighted by Gasteiger charge is -2.03. The van der Waals surface area contributed by atoms with E-state index in [-0.39, 0.29) is 21.7 Å². The summed E-state index contributed by atoms with van der Waals surface area (Å²) in [5.74, 6) is -2.70. The fourth-order valence-electron chi connectivity index (χ4n) is 1.00. The predicted molar refractivity (Wildman–Crippen MR) is 60.1 cm³/mol. The summed E-state index contributed by atoms with van der Waals surface area (Å²) in [6.45, 7) is 1.66. The summed E-state index contributed by atoms with van der Waals surface area (Å²) in [6.07, 6.45) is 0. The molecule has 0 aliphatic carbocycles. The van der Waals surface area contributed by atoms with Crippen molar-refractivity contribution in [2.24, 2.45) is 0 Å². The molecular formula is C10H7BrClFO3. The van der Waals surface area contributed by atoms with Gasteiger partial charge in [-0.3, -0.25) is 4.79 Å². The van der Waals surface area contributed by atoms with Gasteiger partial charge in [-0.05, 0) is 35.0 Å². The number of carbonyl (C=O) groups is 2. The third kappa shape index (κ3) is 2.80. The van der Waals surface area contributed by atoms with Crippen molar-refractivity contribution in [3.05, 3.63) is 33.0 Å². The monoisotopic (exact) mass is 308 g/mol. The van der Waals surface area contributed by atoms with Crippen LogP contribution in [0.4, 0.5) is 4.39 Å². The molecule has 0 aliphatic rings. The number of halogens is 3. The molecule has 86 valence electrons. The van der Waals surface area contributed by atoms with E-state index in [0.29, 0.717) is 0 Å². The Hall–Kier alpha value is -0.940. The van der Waals surface area contributed by atoms with E-state index in [0.717, 1.165) is 6.07 Å². The van der Waals surface area contributed by atoms with Gasteiger partial charge >= 0.3 is 5.97 Å². The van der Waals surface area contributed by atoms with Crippen LogP contribution in [0.5, 0.6) is 0 Å². The fourth-order valence-corrected chi connectivity index (χ4v) is 1.55. The zero-order valence-corrected chi connectivity index (χ0v) is 10.6. The molecule has 0 aliphatic heterocycles. The predicted octanol–water partition coefficient (Wildman–Crippen LogP) is 2.99. The van der Waals surface area contributed by atoms with E-state index in [9.17, 15) is 14.0 Å². The Labute approximate surface area is 105 Å². The largest absolute Gasteiger partial charge is 0.460 e. The molecule has 0 aromatic heterocycles. The molecule has 16 heavy (non-hydrogen) atoms. The first-order chi connectivity index (χ1) is 7.47. The molecule has 0 saturated heterocycles. The highest BCUT2D eigenvalue weighted by molar-refractivity contribution is 9.10. The molecule has 0 atom stereocenters. The molecule has 3 nitrogen and oxygen atoms in total. The summed E-state index contributed by atoms with van der Waals surface area (Å²) in [5.41, 5.74) is -0.104. The highest BCUT2D eigenvalue weighted by Gasteiger charge is 2.20. The van der Waals surface area contributed by atoms with Crippen LogP contribution < -0.4 is 0 Å². The lowest BCUT2D eigenvalue weighted by Crippen LogP contribution is -2.17. The van der Waals surface area contributed by atoms with Gasteiger partial charge in [0.2, 0.25) is 0 Å². The zero-order valence-electron chi connectivity index (χ0n) is 8.22. The van der Waals surface area contributed by atoms with Crippen molar-refractivity contribution in [3.63, 3.8) is 0 Å². The summed E-state index contributed by atoms with van der Waals surface area (Å²) in [4.78, 5) is 22.6. The summed E-state index contributed by atoms with van der Waals surface area (Å²) in [7, 11) is 0. The van der Waals surface area contributed by atoms with Crippen molar-refractivity contribution >= 4 is 39.3 Å². The molecule has 0 unspecified atom stereocenters. The van der Waals surface area contributed by atoms with Crippen LogP contribution >= 0.6 is 27.5 Å². The molecular weight excluding hydrogens is 302 g/mol. The highest BCUT2D eigenvalue weighted by atomic mass is 79.9. The lowest BCUT2D eigenvalue weighted by molar-refractivity contribution is -0.137. The number of ether oxygens (including phenoxy) is 1. The van der Waals surface area contributed by atoms with Gasteiger partial charge in [0.05, 0.1) is 11.6 Å². The first-order valence-corrected chi connectivity index (χ1v) is 5.50. The van der Waals surface area contributed by atoms with Gasteiger partial charge in [-0.25, -0.2) is 9.18 Å². The van der Waals surface area contributed by atoms with Crippen LogP contribution in [-0.4, -0.2) is 18.4 Å². The van der Waals surface area contributed by atoms with Crippen LogP contribution in [-0.2, 0) is 9.53 Å². The van der Waals surface area contributed by atoms with Crippen LogP contribution in [0.15, 0.2) is 16.6 Å². The van der Waals surface area contributed by atoms with E-state index in [2.05, 4.69) is 20.7 Å². The Morgan fingerprint density at radius 3 is 2.62 bits per heavy atom. The Bertz CT molecular complexity index is 425. The first-order valence-electron chi connectivity index (χ1n) is 4.33. The number of benzene rings is 1. The van der Waals surface area contributed by atoms with Crippen LogP contribution in [0.25, 0.3) is 0 Å². The maximum atomic E-state index is 13.2. The molecule has 0 amide bonds. The third-order valence-corrected chi connectivity index (χ3v) is 2.94. The molecule has 1 aromatic rings. The van der Waals surface area contributed by atoms with Gasteiger partial charge in [0.1, 0.15) is 5.82 Å². The second-order valence-corrected chi connectivity index (χ2v) is 4.04. The number of ketones is 1. The van der Waals surface area contributed by atoms with E-state index < -0.39 is 17.6 Å². The molecule has 1 aromatic carbocycles. The topological polar surface area (TPSA) is 43.4 Å². The summed E-state index contributed by atoms with van der Waals surface area (Å²) in [6, 6.07) is 2.16.